The van der Waals surface area contributed by atoms with Gasteiger partial charge in [-0.05, 0) is 38.5 Å². The van der Waals surface area contributed by atoms with E-state index in [0.717, 1.165) is 38.5 Å². The first kappa shape index (κ1) is 17.0. The van der Waals surface area contributed by atoms with Crippen molar-refractivity contribution in [2.75, 3.05) is 5.32 Å². The molecule has 0 saturated heterocycles. The summed E-state index contributed by atoms with van der Waals surface area (Å²) in [7, 11) is 0. The molecule has 0 atom stereocenters. The number of hydrogen-bond donors (Lipinski definition) is 2. The van der Waals surface area contributed by atoms with Crippen molar-refractivity contribution in [2.45, 2.75) is 75.9 Å². The van der Waals surface area contributed by atoms with Crippen LogP contribution in [0.4, 0.5) is 9.93 Å². The van der Waals surface area contributed by atoms with Crippen molar-refractivity contribution < 1.29 is 4.79 Å². The van der Waals surface area contributed by atoms with Crippen LogP contribution in [0.15, 0.2) is 6.20 Å². The first-order valence-corrected chi connectivity index (χ1v) is 9.79. The highest BCUT2D eigenvalue weighted by Gasteiger charge is 2.34. The fourth-order valence-electron chi connectivity index (χ4n) is 3.84. The van der Waals surface area contributed by atoms with E-state index in [4.69, 9.17) is 17.3 Å². The molecule has 1 heterocycles. The number of urea groups is 1. The number of carbonyl (C=O) groups excluding carboxylic acids is 1. The van der Waals surface area contributed by atoms with Gasteiger partial charge in [-0.2, -0.15) is 0 Å². The van der Waals surface area contributed by atoms with Crippen molar-refractivity contribution in [3.63, 3.8) is 0 Å². The van der Waals surface area contributed by atoms with Crippen LogP contribution >= 0.6 is 22.9 Å². The molecule has 2 amide bonds. The van der Waals surface area contributed by atoms with Crippen LogP contribution in [0.2, 0.25) is 4.34 Å². The molecule has 0 aromatic carbocycles. The fraction of sp³-hybridized carbons (Fsp3) is 0.750. The zero-order valence-corrected chi connectivity index (χ0v) is 14.9. The SMILES string of the molecule is NC1CCC(N(C(=O)Nc2ncc(Cl)s2)C2CCCCC2)CC1. The summed E-state index contributed by atoms with van der Waals surface area (Å²) < 4.78 is 0.591. The number of nitrogens with one attached hydrogen (secondary N) is 1. The van der Waals surface area contributed by atoms with Gasteiger partial charge in [-0.15, -0.1) is 0 Å². The van der Waals surface area contributed by atoms with Gasteiger partial charge >= 0.3 is 6.03 Å². The maximum absolute atomic E-state index is 12.9. The van der Waals surface area contributed by atoms with Gasteiger partial charge < -0.3 is 10.6 Å². The average molecular weight is 357 g/mol. The second kappa shape index (κ2) is 7.81. The number of anilines is 1. The van der Waals surface area contributed by atoms with E-state index in [-0.39, 0.29) is 6.03 Å². The highest BCUT2D eigenvalue weighted by Crippen LogP contribution is 2.31. The van der Waals surface area contributed by atoms with Crippen molar-refractivity contribution in [1.82, 2.24) is 9.88 Å². The molecule has 5 nitrogen and oxygen atoms in total. The largest absolute Gasteiger partial charge is 0.328 e. The zero-order chi connectivity index (χ0) is 16.2. The molecular formula is C16H25ClN4OS. The van der Waals surface area contributed by atoms with Gasteiger partial charge in [0.15, 0.2) is 5.13 Å². The topological polar surface area (TPSA) is 71.2 Å². The summed E-state index contributed by atoms with van der Waals surface area (Å²) in [6.07, 6.45) is 11.5. The molecule has 0 spiro atoms. The van der Waals surface area contributed by atoms with Crippen LogP contribution in [0.5, 0.6) is 0 Å². The number of thiazole rings is 1. The van der Waals surface area contributed by atoms with Crippen molar-refractivity contribution in [3.8, 4) is 0 Å². The van der Waals surface area contributed by atoms with E-state index in [1.807, 2.05) is 0 Å². The van der Waals surface area contributed by atoms with Gasteiger partial charge in [0.25, 0.3) is 0 Å². The Balaban J connectivity index is 1.71. The Kier molecular flexibility index (Phi) is 5.77. The second-order valence-electron chi connectivity index (χ2n) is 6.67. The van der Waals surface area contributed by atoms with Gasteiger partial charge in [0.1, 0.15) is 4.34 Å². The molecular weight excluding hydrogens is 332 g/mol. The van der Waals surface area contributed by atoms with Crippen LogP contribution < -0.4 is 11.1 Å². The number of amides is 2. The lowest BCUT2D eigenvalue weighted by Gasteiger charge is -2.42. The minimum Gasteiger partial charge on any atom is -0.328 e. The zero-order valence-electron chi connectivity index (χ0n) is 13.3. The normalized spacial score (nSPS) is 26.0. The highest BCUT2D eigenvalue weighted by molar-refractivity contribution is 7.19. The van der Waals surface area contributed by atoms with Crippen LogP contribution in [0, 0.1) is 0 Å². The standard InChI is InChI=1S/C16H25ClN4OS/c17-14-10-19-15(23-14)20-16(22)21(12-4-2-1-3-5-12)13-8-6-11(18)7-9-13/h10-13H,1-9,18H2,(H,19,20,22). The molecule has 0 bridgehead atoms. The lowest BCUT2D eigenvalue weighted by atomic mass is 9.87. The third kappa shape index (κ3) is 4.37. The predicted molar refractivity (Wildman–Crippen MR) is 95.1 cm³/mol. The number of hydrogen-bond acceptors (Lipinski definition) is 4. The lowest BCUT2D eigenvalue weighted by molar-refractivity contribution is 0.110. The molecule has 0 radical (unpaired) electrons. The van der Waals surface area contributed by atoms with Gasteiger partial charge in [0.05, 0.1) is 6.20 Å². The predicted octanol–water partition coefficient (Wildman–Crippen LogP) is 4.23. The minimum absolute atomic E-state index is 0.0246. The average Bonchev–Trinajstić information content (AvgIpc) is 2.95. The van der Waals surface area contributed by atoms with Crippen LogP contribution in [-0.4, -0.2) is 34.0 Å². The molecule has 0 aliphatic heterocycles. The Morgan fingerprint density at radius 3 is 2.43 bits per heavy atom. The van der Waals surface area contributed by atoms with Crippen LogP contribution in [0.1, 0.15) is 57.8 Å². The Bertz CT molecular complexity index is 524. The van der Waals surface area contributed by atoms with Crippen molar-refractivity contribution in [3.05, 3.63) is 10.5 Å². The lowest BCUT2D eigenvalue weighted by Crippen LogP contribution is -2.51. The molecule has 2 fully saturated rings. The Hall–Kier alpha value is -0.850. The molecule has 2 aliphatic rings. The molecule has 1 aromatic rings. The minimum atomic E-state index is -0.0246. The summed E-state index contributed by atoms with van der Waals surface area (Å²) in [5.74, 6) is 0. The Labute approximate surface area is 146 Å². The smallest absolute Gasteiger partial charge is 0.324 e. The van der Waals surface area contributed by atoms with E-state index in [0.29, 0.717) is 27.6 Å². The molecule has 128 valence electrons. The molecule has 3 N–H and O–H groups in total. The van der Waals surface area contributed by atoms with Gasteiger partial charge in [-0.1, -0.05) is 42.2 Å². The summed E-state index contributed by atoms with van der Waals surface area (Å²) in [4.78, 5) is 19.2. The number of nitrogens with two attached hydrogens (primary N) is 1. The summed E-state index contributed by atoms with van der Waals surface area (Å²) in [6.45, 7) is 0. The van der Waals surface area contributed by atoms with E-state index in [1.54, 1.807) is 6.20 Å². The third-order valence-corrected chi connectivity index (χ3v) is 6.06. The van der Waals surface area contributed by atoms with Gasteiger partial charge in [-0.25, -0.2) is 9.78 Å². The molecule has 2 aliphatic carbocycles. The maximum Gasteiger partial charge on any atom is 0.324 e. The molecule has 1 aromatic heterocycles. The number of carbonyl (C=O) groups is 1. The number of rotatable bonds is 3. The van der Waals surface area contributed by atoms with E-state index in [9.17, 15) is 4.79 Å². The Morgan fingerprint density at radius 1 is 1.17 bits per heavy atom. The van der Waals surface area contributed by atoms with Crippen molar-refractivity contribution in [1.29, 1.82) is 0 Å². The van der Waals surface area contributed by atoms with Gasteiger partial charge in [0, 0.05) is 18.1 Å². The molecule has 0 unspecified atom stereocenters. The van der Waals surface area contributed by atoms with Gasteiger partial charge in [-0.3, -0.25) is 5.32 Å². The van der Waals surface area contributed by atoms with E-state index in [2.05, 4.69) is 15.2 Å². The molecule has 2 saturated carbocycles. The summed E-state index contributed by atoms with van der Waals surface area (Å²) in [6, 6.07) is 0.913. The summed E-state index contributed by atoms with van der Waals surface area (Å²) in [5, 5.41) is 3.52. The molecule has 7 heteroatoms. The quantitative estimate of drug-likeness (QED) is 0.851. The van der Waals surface area contributed by atoms with E-state index >= 15 is 0 Å². The van der Waals surface area contributed by atoms with Crippen LogP contribution in [-0.2, 0) is 0 Å². The third-order valence-electron chi connectivity index (χ3n) is 5.03. The Morgan fingerprint density at radius 2 is 1.83 bits per heavy atom. The highest BCUT2D eigenvalue weighted by atomic mass is 35.5. The molecule has 23 heavy (non-hydrogen) atoms. The summed E-state index contributed by atoms with van der Waals surface area (Å²) in [5.41, 5.74) is 6.04. The second-order valence-corrected chi connectivity index (χ2v) is 8.33. The first-order valence-electron chi connectivity index (χ1n) is 8.59. The van der Waals surface area contributed by atoms with Gasteiger partial charge in [0.2, 0.25) is 0 Å². The van der Waals surface area contributed by atoms with Crippen LogP contribution in [0.25, 0.3) is 0 Å². The number of halogens is 1. The van der Waals surface area contributed by atoms with Crippen molar-refractivity contribution >= 4 is 34.1 Å². The maximum atomic E-state index is 12.9. The number of nitrogens with zero attached hydrogens (tertiary/aromatic N) is 2. The van der Waals surface area contributed by atoms with E-state index < -0.39 is 0 Å². The molecule has 3 rings (SSSR count). The van der Waals surface area contributed by atoms with E-state index in [1.165, 1.54) is 30.6 Å². The van der Waals surface area contributed by atoms with Crippen LogP contribution in [0.3, 0.4) is 0 Å². The monoisotopic (exact) mass is 356 g/mol. The first-order chi connectivity index (χ1) is 11.1. The van der Waals surface area contributed by atoms with Crippen molar-refractivity contribution in [2.24, 2.45) is 5.73 Å². The number of aromatic nitrogens is 1. The summed E-state index contributed by atoms with van der Waals surface area (Å²) >= 11 is 7.22. The fourth-order valence-corrected chi connectivity index (χ4v) is 4.64.